The van der Waals surface area contributed by atoms with E-state index >= 15 is 0 Å². The molecule has 0 aliphatic rings. The van der Waals surface area contributed by atoms with Crippen molar-refractivity contribution in [3.05, 3.63) is 36.7 Å². The highest BCUT2D eigenvalue weighted by Crippen LogP contribution is 1.92. The molecule has 1 rings (SSSR count). The molecule has 0 saturated heterocycles. The molecule has 1 heterocycles. The Balaban J connectivity index is 2.62. The van der Waals surface area contributed by atoms with Gasteiger partial charge in [-0.25, -0.2) is 0 Å². The first-order valence-electron chi connectivity index (χ1n) is 5.12. The molecule has 0 radical (unpaired) electrons. The third-order valence-electron chi connectivity index (χ3n) is 2.02. The highest BCUT2D eigenvalue weighted by Gasteiger charge is 2.12. The standard InChI is InChI=1S/C10H13N3O4S/c1-2-4-11-10(14)9-3-5-13(12-8-9)6-7-18(15,16)17/h2-3,5,8H,1,4,6-7H2,(H-,11,14,15,16,17)/p+1. The molecule has 8 heteroatoms. The van der Waals surface area contributed by atoms with Crippen molar-refractivity contribution in [3.63, 3.8) is 0 Å². The molecule has 0 unspecified atom stereocenters. The van der Waals surface area contributed by atoms with Gasteiger partial charge in [-0.15, -0.1) is 6.58 Å². The lowest BCUT2D eigenvalue weighted by molar-refractivity contribution is -0.750. The SMILES string of the molecule is C=CCNC(=O)c1cc[n+](CCS(=O)(=O)O)nc1. The first kappa shape index (κ1) is 14.3. The van der Waals surface area contributed by atoms with Crippen molar-refractivity contribution in [1.29, 1.82) is 0 Å². The van der Waals surface area contributed by atoms with E-state index in [1.54, 1.807) is 6.08 Å². The number of amides is 1. The lowest BCUT2D eigenvalue weighted by atomic mass is 10.3. The zero-order chi connectivity index (χ0) is 13.6. The van der Waals surface area contributed by atoms with Crippen LogP contribution in [0.1, 0.15) is 10.4 Å². The zero-order valence-corrected chi connectivity index (χ0v) is 10.4. The van der Waals surface area contributed by atoms with Crippen LogP contribution in [-0.2, 0) is 16.7 Å². The van der Waals surface area contributed by atoms with Gasteiger partial charge in [-0.2, -0.15) is 8.42 Å². The Morgan fingerprint density at radius 2 is 2.33 bits per heavy atom. The van der Waals surface area contributed by atoms with Crippen LogP contribution in [0.5, 0.6) is 0 Å². The lowest BCUT2D eigenvalue weighted by Crippen LogP contribution is -2.41. The molecule has 98 valence electrons. The first-order valence-corrected chi connectivity index (χ1v) is 6.73. The van der Waals surface area contributed by atoms with Crippen molar-refractivity contribution in [2.45, 2.75) is 6.54 Å². The second kappa shape index (κ2) is 6.22. The molecule has 18 heavy (non-hydrogen) atoms. The number of aromatic nitrogens is 2. The van der Waals surface area contributed by atoms with Gasteiger partial charge in [0.15, 0.2) is 12.7 Å². The highest BCUT2D eigenvalue weighted by atomic mass is 32.2. The van der Waals surface area contributed by atoms with Crippen LogP contribution in [0.25, 0.3) is 0 Å². The summed E-state index contributed by atoms with van der Waals surface area (Å²) >= 11 is 0. The van der Waals surface area contributed by atoms with Crippen molar-refractivity contribution in [2.24, 2.45) is 0 Å². The summed E-state index contributed by atoms with van der Waals surface area (Å²) in [5, 5.41) is 6.45. The number of aryl methyl sites for hydroxylation is 1. The molecular formula is C10H14N3O4S+. The van der Waals surface area contributed by atoms with Crippen LogP contribution in [0.3, 0.4) is 0 Å². The fourth-order valence-corrected chi connectivity index (χ4v) is 1.54. The van der Waals surface area contributed by atoms with Gasteiger partial charge in [-0.1, -0.05) is 10.8 Å². The normalized spacial score (nSPS) is 10.9. The Hall–Kier alpha value is -1.80. The molecule has 1 aromatic rings. The number of hydrogen-bond donors (Lipinski definition) is 2. The Morgan fingerprint density at radius 3 is 2.83 bits per heavy atom. The molecule has 2 N–H and O–H groups in total. The van der Waals surface area contributed by atoms with E-state index in [-0.39, 0.29) is 12.5 Å². The van der Waals surface area contributed by atoms with E-state index in [1.807, 2.05) is 0 Å². The molecule has 1 amide bonds. The van der Waals surface area contributed by atoms with Gasteiger partial charge in [0.25, 0.3) is 16.0 Å². The van der Waals surface area contributed by atoms with Gasteiger partial charge in [0, 0.05) is 12.6 Å². The number of carbonyl (C=O) groups is 1. The van der Waals surface area contributed by atoms with Gasteiger partial charge in [-0.3, -0.25) is 9.35 Å². The van der Waals surface area contributed by atoms with Gasteiger partial charge in [0.1, 0.15) is 11.9 Å². The number of nitrogens with one attached hydrogen (secondary N) is 1. The molecule has 0 fully saturated rings. The van der Waals surface area contributed by atoms with Gasteiger partial charge in [-0.05, 0) is 5.10 Å². The summed E-state index contributed by atoms with van der Waals surface area (Å²) in [4.78, 5) is 11.5. The van der Waals surface area contributed by atoms with Gasteiger partial charge in [0.2, 0.25) is 0 Å². The molecule has 0 aromatic carbocycles. The van der Waals surface area contributed by atoms with E-state index in [0.29, 0.717) is 12.1 Å². The van der Waals surface area contributed by atoms with E-state index in [0.717, 1.165) is 0 Å². The van der Waals surface area contributed by atoms with Crippen LogP contribution in [0.4, 0.5) is 0 Å². The van der Waals surface area contributed by atoms with Crippen LogP contribution in [0, 0.1) is 0 Å². The first-order chi connectivity index (χ1) is 8.42. The Bertz CT molecular complexity index is 525. The van der Waals surface area contributed by atoms with Crippen molar-refractivity contribution < 1.29 is 22.4 Å². The Morgan fingerprint density at radius 1 is 1.61 bits per heavy atom. The fourth-order valence-electron chi connectivity index (χ4n) is 1.13. The van der Waals surface area contributed by atoms with Crippen LogP contribution in [0.15, 0.2) is 31.1 Å². The molecule has 0 saturated carbocycles. The second-order valence-electron chi connectivity index (χ2n) is 3.46. The second-order valence-corrected chi connectivity index (χ2v) is 5.04. The summed E-state index contributed by atoms with van der Waals surface area (Å²) < 4.78 is 31.0. The largest absolute Gasteiger partial charge is 0.349 e. The molecular weight excluding hydrogens is 258 g/mol. The smallest absolute Gasteiger partial charge is 0.271 e. The average molecular weight is 272 g/mol. The molecule has 0 bridgehead atoms. The quantitative estimate of drug-likeness (QED) is 0.400. The van der Waals surface area contributed by atoms with Gasteiger partial charge >= 0.3 is 0 Å². The molecule has 0 spiro atoms. The average Bonchev–Trinajstić information content (AvgIpc) is 2.33. The molecule has 0 aliphatic heterocycles. The summed E-state index contributed by atoms with van der Waals surface area (Å²) in [6.07, 6.45) is 4.34. The summed E-state index contributed by atoms with van der Waals surface area (Å²) in [5.74, 6) is -0.712. The summed E-state index contributed by atoms with van der Waals surface area (Å²) in [5.41, 5.74) is 0.361. The van der Waals surface area contributed by atoms with Crippen LogP contribution < -0.4 is 10.00 Å². The number of carbonyl (C=O) groups excluding carboxylic acids is 1. The van der Waals surface area contributed by atoms with Gasteiger partial charge < -0.3 is 5.32 Å². The predicted octanol–water partition coefficient (Wildman–Crippen LogP) is -0.827. The number of hydrogen-bond acceptors (Lipinski definition) is 4. The minimum atomic E-state index is -4.01. The van der Waals surface area contributed by atoms with Gasteiger partial charge in [0.05, 0.1) is 5.56 Å². The number of rotatable bonds is 6. The molecule has 0 aliphatic carbocycles. The fraction of sp³-hybridized carbons (Fsp3) is 0.300. The third-order valence-corrected chi connectivity index (χ3v) is 2.72. The minimum Gasteiger partial charge on any atom is -0.349 e. The van der Waals surface area contributed by atoms with E-state index < -0.39 is 15.9 Å². The van der Waals surface area contributed by atoms with E-state index in [4.69, 9.17) is 4.55 Å². The van der Waals surface area contributed by atoms with Crippen molar-refractivity contribution in [3.8, 4) is 0 Å². The summed E-state index contributed by atoms with van der Waals surface area (Å²) in [6.45, 7) is 3.85. The van der Waals surface area contributed by atoms with E-state index in [1.165, 1.54) is 23.1 Å². The zero-order valence-electron chi connectivity index (χ0n) is 9.61. The summed E-state index contributed by atoms with van der Waals surface area (Å²) in [7, 11) is -4.01. The maximum atomic E-state index is 11.5. The predicted molar refractivity (Wildman–Crippen MR) is 63.4 cm³/mol. The maximum absolute atomic E-state index is 11.5. The van der Waals surface area contributed by atoms with Crippen molar-refractivity contribution >= 4 is 16.0 Å². The van der Waals surface area contributed by atoms with Crippen LogP contribution >= 0.6 is 0 Å². The van der Waals surface area contributed by atoms with E-state index in [9.17, 15) is 13.2 Å². The van der Waals surface area contributed by atoms with Crippen molar-refractivity contribution in [1.82, 2.24) is 10.4 Å². The van der Waals surface area contributed by atoms with Crippen LogP contribution in [-0.4, -0.2) is 36.3 Å². The summed E-state index contributed by atoms with van der Waals surface area (Å²) in [6, 6.07) is 1.51. The minimum absolute atomic E-state index is 0.0212. The van der Waals surface area contributed by atoms with E-state index in [2.05, 4.69) is 17.0 Å². The van der Waals surface area contributed by atoms with Crippen LogP contribution in [0.2, 0.25) is 0 Å². The molecule has 1 aromatic heterocycles. The lowest BCUT2D eigenvalue weighted by Gasteiger charge is -2.00. The number of nitrogens with zero attached hydrogens (tertiary/aromatic N) is 2. The topological polar surface area (TPSA) is 100 Å². The van der Waals surface area contributed by atoms with Crippen molar-refractivity contribution in [2.75, 3.05) is 12.3 Å². The highest BCUT2D eigenvalue weighted by molar-refractivity contribution is 7.85. The maximum Gasteiger partial charge on any atom is 0.271 e. The Labute approximate surface area is 105 Å². The monoisotopic (exact) mass is 272 g/mol. The molecule has 0 atom stereocenters. The Kier molecular flexibility index (Phi) is 4.93. The third kappa shape index (κ3) is 5.02. The molecule has 7 nitrogen and oxygen atoms in total.